The maximum absolute atomic E-state index is 13.8. The van der Waals surface area contributed by atoms with Gasteiger partial charge in [0.2, 0.25) is 0 Å². The van der Waals surface area contributed by atoms with Crippen LogP contribution in [-0.4, -0.2) is 19.7 Å². The zero-order valence-electron chi connectivity index (χ0n) is 16.7. The zero-order valence-corrected chi connectivity index (χ0v) is 16.7. The fourth-order valence-electron chi connectivity index (χ4n) is 3.33. The van der Waals surface area contributed by atoms with Gasteiger partial charge in [-0.3, -0.25) is 0 Å². The van der Waals surface area contributed by atoms with Crippen LogP contribution in [0.5, 0.6) is 0 Å². The summed E-state index contributed by atoms with van der Waals surface area (Å²) in [6.07, 6.45) is 3.50. The summed E-state index contributed by atoms with van der Waals surface area (Å²) in [5.41, 5.74) is 4.21. The normalized spacial score (nSPS) is 12.3. The first-order chi connectivity index (χ1) is 13.0. The number of nitrogens with one attached hydrogen (secondary N) is 1. The Labute approximate surface area is 161 Å². The predicted octanol–water partition coefficient (Wildman–Crippen LogP) is 5.66. The van der Waals surface area contributed by atoms with Crippen LogP contribution in [0.15, 0.2) is 36.4 Å². The van der Waals surface area contributed by atoms with Gasteiger partial charge in [-0.2, -0.15) is 0 Å². The summed E-state index contributed by atoms with van der Waals surface area (Å²) in [6.45, 7) is 8.66. The number of benzene rings is 2. The van der Waals surface area contributed by atoms with E-state index in [0.29, 0.717) is 25.0 Å². The molecule has 27 heavy (non-hydrogen) atoms. The van der Waals surface area contributed by atoms with Crippen molar-refractivity contribution in [3.05, 3.63) is 70.3 Å². The Morgan fingerprint density at radius 3 is 2.44 bits per heavy atom. The Kier molecular flexibility index (Phi) is 8.89. The Bertz CT molecular complexity index is 697. The van der Waals surface area contributed by atoms with Crippen LogP contribution in [0.4, 0.5) is 8.78 Å². The summed E-state index contributed by atoms with van der Waals surface area (Å²) < 4.78 is 33.0. The molecular formula is C23H31F2NO. The van der Waals surface area contributed by atoms with Gasteiger partial charge in [-0.05, 0) is 68.0 Å². The molecule has 0 amide bonds. The maximum atomic E-state index is 13.8. The minimum atomic E-state index is -0.541. The average Bonchev–Trinajstić information content (AvgIpc) is 2.63. The lowest BCUT2D eigenvalue weighted by molar-refractivity contribution is 0.0502. The third-order valence-electron chi connectivity index (χ3n) is 4.83. The van der Waals surface area contributed by atoms with E-state index in [2.05, 4.69) is 44.3 Å². The predicted molar refractivity (Wildman–Crippen MR) is 107 cm³/mol. The van der Waals surface area contributed by atoms with Crippen molar-refractivity contribution in [2.45, 2.75) is 52.6 Å². The number of hydrogen-bond donors (Lipinski definition) is 1. The Morgan fingerprint density at radius 1 is 1.04 bits per heavy atom. The Hall–Kier alpha value is -1.78. The molecule has 0 radical (unpaired) electrons. The van der Waals surface area contributed by atoms with Gasteiger partial charge >= 0.3 is 0 Å². The van der Waals surface area contributed by atoms with Gasteiger partial charge < -0.3 is 10.1 Å². The highest BCUT2D eigenvalue weighted by Crippen LogP contribution is 2.25. The molecule has 1 atom stereocenters. The molecule has 0 heterocycles. The van der Waals surface area contributed by atoms with Crippen molar-refractivity contribution in [3.8, 4) is 0 Å². The molecule has 0 fully saturated rings. The average molecular weight is 376 g/mol. The standard InChI is InChI=1S/C23H31F2NO/c1-4-5-13-26-16-22(23-17(2)8-6-9-18(23)3)27-14-7-10-19-11-12-20(24)15-21(19)25/h6,8-9,11-12,15,22,26H,4-5,7,10,13-14,16H2,1-3H3. The van der Waals surface area contributed by atoms with Gasteiger partial charge in [0.25, 0.3) is 0 Å². The molecule has 4 heteroatoms. The molecule has 0 aliphatic carbocycles. The highest BCUT2D eigenvalue weighted by molar-refractivity contribution is 5.35. The van der Waals surface area contributed by atoms with Crippen molar-refractivity contribution >= 4 is 0 Å². The molecule has 0 aromatic heterocycles. The minimum absolute atomic E-state index is 0.0267. The Balaban J connectivity index is 1.95. The number of hydrogen-bond acceptors (Lipinski definition) is 2. The fourth-order valence-corrected chi connectivity index (χ4v) is 3.33. The number of unbranched alkanes of at least 4 members (excludes halogenated alkanes) is 1. The van der Waals surface area contributed by atoms with Crippen LogP contribution in [0, 0.1) is 25.5 Å². The lowest BCUT2D eigenvalue weighted by Crippen LogP contribution is -2.25. The second kappa shape index (κ2) is 11.2. The summed E-state index contributed by atoms with van der Waals surface area (Å²) in [4.78, 5) is 0. The quantitative estimate of drug-likeness (QED) is 0.512. The van der Waals surface area contributed by atoms with Gasteiger partial charge in [-0.25, -0.2) is 8.78 Å². The van der Waals surface area contributed by atoms with Crippen molar-refractivity contribution in [3.63, 3.8) is 0 Å². The second-order valence-electron chi connectivity index (χ2n) is 7.06. The van der Waals surface area contributed by atoms with E-state index >= 15 is 0 Å². The van der Waals surface area contributed by atoms with E-state index < -0.39 is 11.6 Å². The van der Waals surface area contributed by atoms with E-state index in [1.165, 1.54) is 28.8 Å². The SMILES string of the molecule is CCCCNCC(OCCCc1ccc(F)cc1F)c1c(C)cccc1C. The van der Waals surface area contributed by atoms with E-state index in [-0.39, 0.29) is 6.10 Å². The number of aryl methyl sites for hydroxylation is 3. The number of ether oxygens (including phenoxy) is 1. The first kappa shape index (κ1) is 21.5. The van der Waals surface area contributed by atoms with E-state index in [0.717, 1.165) is 32.0 Å². The van der Waals surface area contributed by atoms with Crippen molar-refractivity contribution < 1.29 is 13.5 Å². The first-order valence-corrected chi connectivity index (χ1v) is 9.85. The van der Waals surface area contributed by atoms with Crippen LogP contribution in [0.2, 0.25) is 0 Å². The van der Waals surface area contributed by atoms with Gasteiger partial charge in [-0.1, -0.05) is 37.6 Å². The van der Waals surface area contributed by atoms with Gasteiger partial charge in [-0.15, -0.1) is 0 Å². The summed E-state index contributed by atoms with van der Waals surface area (Å²) in [5, 5.41) is 3.49. The van der Waals surface area contributed by atoms with E-state index in [4.69, 9.17) is 4.74 Å². The molecule has 0 saturated carbocycles. The lowest BCUT2D eigenvalue weighted by atomic mass is 9.97. The van der Waals surface area contributed by atoms with Gasteiger partial charge in [0.1, 0.15) is 11.6 Å². The molecule has 0 bridgehead atoms. The van der Waals surface area contributed by atoms with E-state index in [1.54, 1.807) is 0 Å². The fraction of sp³-hybridized carbons (Fsp3) is 0.478. The molecule has 0 saturated heterocycles. The lowest BCUT2D eigenvalue weighted by Gasteiger charge is -2.23. The van der Waals surface area contributed by atoms with Crippen LogP contribution < -0.4 is 5.32 Å². The summed E-state index contributed by atoms with van der Waals surface area (Å²) in [7, 11) is 0. The van der Waals surface area contributed by atoms with Crippen LogP contribution in [-0.2, 0) is 11.2 Å². The van der Waals surface area contributed by atoms with Crippen LogP contribution in [0.25, 0.3) is 0 Å². The molecule has 1 N–H and O–H groups in total. The molecular weight excluding hydrogens is 344 g/mol. The highest BCUT2D eigenvalue weighted by Gasteiger charge is 2.16. The topological polar surface area (TPSA) is 21.3 Å². The van der Waals surface area contributed by atoms with Gasteiger partial charge in [0.05, 0.1) is 6.10 Å². The Morgan fingerprint density at radius 2 is 1.78 bits per heavy atom. The maximum Gasteiger partial charge on any atom is 0.129 e. The summed E-state index contributed by atoms with van der Waals surface area (Å²) in [6, 6.07) is 10.0. The van der Waals surface area contributed by atoms with Crippen LogP contribution in [0.3, 0.4) is 0 Å². The molecule has 2 aromatic carbocycles. The molecule has 0 aliphatic rings. The first-order valence-electron chi connectivity index (χ1n) is 9.85. The molecule has 2 rings (SSSR count). The van der Waals surface area contributed by atoms with Crippen molar-refractivity contribution in [1.29, 1.82) is 0 Å². The molecule has 2 aromatic rings. The third kappa shape index (κ3) is 6.71. The van der Waals surface area contributed by atoms with Crippen molar-refractivity contribution in [2.24, 2.45) is 0 Å². The molecule has 0 aliphatic heterocycles. The highest BCUT2D eigenvalue weighted by atomic mass is 19.1. The zero-order chi connectivity index (χ0) is 19.6. The number of halogens is 2. The summed E-state index contributed by atoms with van der Waals surface area (Å²) >= 11 is 0. The van der Waals surface area contributed by atoms with Crippen molar-refractivity contribution in [2.75, 3.05) is 19.7 Å². The third-order valence-corrected chi connectivity index (χ3v) is 4.83. The van der Waals surface area contributed by atoms with E-state index in [9.17, 15) is 8.78 Å². The molecule has 1 unspecified atom stereocenters. The van der Waals surface area contributed by atoms with Crippen LogP contribution >= 0.6 is 0 Å². The summed E-state index contributed by atoms with van der Waals surface area (Å²) in [5.74, 6) is -1.02. The monoisotopic (exact) mass is 375 g/mol. The number of rotatable bonds is 11. The molecule has 148 valence electrons. The van der Waals surface area contributed by atoms with Crippen molar-refractivity contribution in [1.82, 2.24) is 5.32 Å². The molecule has 0 spiro atoms. The van der Waals surface area contributed by atoms with Gasteiger partial charge in [0, 0.05) is 19.2 Å². The van der Waals surface area contributed by atoms with E-state index in [1.807, 2.05) is 0 Å². The largest absolute Gasteiger partial charge is 0.372 e. The smallest absolute Gasteiger partial charge is 0.129 e. The minimum Gasteiger partial charge on any atom is -0.372 e. The van der Waals surface area contributed by atoms with Crippen LogP contribution in [0.1, 0.15) is 54.5 Å². The molecule has 2 nitrogen and oxygen atoms in total. The second-order valence-corrected chi connectivity index (χ2v) is 7.06. The van der Waals surface area contributed by atoms with Gasteiger partial charge in [0.15, 0.2) is 0 Å².